The van der Waals surface area contributed by atoms with Gasteiger partial charge >= 0.3 is 0 Å². The molecule has 2 nitrogen and oxygen atoms in total. The lowest BCUT2D eigenvalue weighted by Crippen LogP contribution is -2.36. The van der Waals surface area contributed by atoms with Gasteiger partial charge in [-0.05, 0) is 18.1 Å². The Hall–Kier alpha value is -0.450. The first-order chi connectivity index (χ1) is 7.54. The summed E-state index contributed by atoms with van der Waals surface area (Å²) in [4.78, 5) is 0. The van der Waals surface area contributed by atoms with Crippen molar-refractivity contribution in [1.82, 2.24) is 5.32 Å². The lowest BCUT2D eigenvalue weighted by atomic mass is 10.1. The number of halogens is 2. The first-order valence-electron chi connectivity index (χ1n) is 5.32. The van der Waals surface area contributed by atoms with E-state index in [9.17, 15) is 4.39 Å². The summed E-state index contributed by atoms with van der Waals surface area (Å²) >= 11 is 3.21. The van der Waals surface area contributed by atoms with Gasteiger partial charge in [0.2, 0.25) is 0 Å². The van der Waals surface area contributed by atoms with Crippen LogP contribution in [0.25, 0.3) is 0 Å². The van der Waals surface area contributed by atoms with Crippen LogP contribution in [0.1, 0.15) is 19.4 Å². The van der Waals surface area contributed by atoms with Crippen molar-refractivity contribution in [3.63, 3.8) is 0 Å². The number of rotatable bonds is 5. The first-order valence-corrected chi connectivity index (χ1v) is 6.12. The van der Waals surface area contributed by atoms with E-state index in [-0.39, 0.29) is 18.5 Å². The van der Waals surface area contributed by atoms with E-state index in [1.54, 1.807) is 6.07 Å². The van der Waals surface area contributed by atoms with Crippen molar-refractivity contribution in [3.8, 4) is 0 Å². The van der Waals surface area contributed by atoms with Crippen LogP contribution in [0.2, 0.25) is 0 Å². The van der Waals surface area contributed by atoms with Crippen LogP contribution in [-0.2, 0) is 6.54 Å². The van der Waals surface area contributed by atoms with Crippen LogP contribution in [0.5, 0.6) is 0 Å². The maximum atomic E-state index is 13.5. The van der Waals surface area contributed by atoms with E-state index >= 15 is 0 Å². The van der Waals surface area contributed by atoms with Crippen LogP contribution in [-0.4, -0.2) is 17.8 Å². The van der Waals surface area contributed by atoms with Gasteiger partial charge in [-0.1, -0.05) is 35.8 Å². The zero-order chi connectivity index (χ0) is 12.1. The van der Waals surface area contributed by atoms with Gasteiger partial charge in [0, 0.05) is 22.6 Å². The van der Waals surface area contributed by atoms with Crippen LogP contribution in [0.15, 0.2) is 22.7 Å². The lowest BCUT2D eigenvalue weighted by Gasteiger charge is -2.20. The van der Waals surface area contributed by atoms with Crippen LogP contribution >= 0.6 is 15.9 Å². The van der Waals surface area contributed by atoms with Gasteiger partial charge in [-0.25, -0.2) is 4.39 Å². The van der Waals surface area contributed by atoms with Crippen molar-refractivity contribution in [1.29, 1.82) is 0 Å². The highest BCUT2D eigenvalue weighted by molar-refractivity contribution is 9.10. The number of benzene rings is 1. The Labute approximate surface area is 104 Å². The molecule has 90 valence electrons. The number of hydrogen-bond acceptors (Lipinski definition) is 2. The van der Waals surface area contributed by atoms with Crippen molar-refractivity contribution >= 4 is 15.9 Å². The van der Waals surface area contributed by atoms with Crippen LogP contribution < -0.4 is 5.32 Å². The summed E-state index contributed by atoms with van der Waals surface area (Å²) in [6.45, 7) is 4.54. The van der Waals surface area contributed by atoms with Gasteiger partial charge in [-0.3, -0.25) is 0 Å². The van der Waals surface area contributed by atoms with Crippen LogP contribution in [0.3, 0.4) is 0 Å². The molecule has 0 aliphatic heterocycles. The molecule has 0 aliphatic carbocycles. The average Bonchev–Trinajstić information content (AvgIpc) is 2.21. The molecule has 0 heterocycles. The summed E-state index contributed by atoms with van der Waals surface area (Å²) in [7, 11) is 0. The molecule has 1 atom stereocenters. The highest BCUT2D eigenvalue weighted by Gasteiger charge is 2.12. The molecular formula is C12H17BrFNO. The monoisotopic (exact) mass is 289 g/mol. The molecule has 0 saturated heterocycles. The smallest absolute Gasteiger partial charge is 0.128 e. The Kier molecular flexibility index (Phi) is 5.38. The first kappa shape index (κ1) is 13.6. The second-order valence-corrected chi connectivity index (χ2v) is 5.07. The summed E-state index contributed by atoms with van der Waals surface area (Å²) in [5.74, 6) is 0.0887. The van der Waals surface area contributed by atoms with E-state index in [4.69, 9.17) is 5.11 Å². The van der Waals surface area contributed by atoms with Gasteiger partial charge in [-0.15, -0.1) is 0 Å². The molecule has 0 fully saturated rings. The SMILES string of the molecule is CC(C)C(CO)NCc1ccc(Br)cc1F. The van der Waals surface area contributed by atoms with Gasteiger partial charge in [0.15, 0.2) is 0 Å². The number of aliphatic hydroxyl groups is 1. The molecule has 1 unspecified atom stereocenters. The minimum Gasteiger partial charge on any atom is -0.395 e. The predicted molar refractivity (Wildman–Crippen MR) is 66.7 cm³/mol. The highest BCUT2D eigenvalue weighted by Crippen LogP contribution is 2.15. The van der Waals surface area contributed by atoms with Gasteiger partial charge in [0.1, 0.15) is 5.82 Å². The molecule has 1 aromatic carbocycles. The van der Waals surface area contributed by atoms with Crippen molar-refractivity contribution in [2.45, 2.75) is 26.4 Å². The second-order valence-electron chi connectivity index (χ2n) is 4.15. The third-order valence-corrected chi connectivity index (χ3v) is 3.06. The minimum atomic E-state index is -0.234. The van der Waals surface area contributed by atoms with E-state index in [2.05, 4.69) is 21.2 Å². The summed E-state index contributed by atoms with van der Waals surface area (Å²) in [5, 5.41) is 12.3. The molecule has 0 aromatic heterocycles. The summed E-state index contributed by atoms with van der Waals surface area (Å²) in [6.07, 6.45) is 0. The van der Waals surface area contributed by atoms with Gasteiger partial charge < -0.3 is 10.4 Å². The lowest BCUT2D eigenvalue weighted by molar-refractivity contribution is 0.209. The molecule has 1 rings (SSSR count). The zero-order valence-corrected chi connectivity index (χ0v) is 11.1. The molecular weight excluding hydrogens is 273 g/mol. The molecule has 2 N–H and O–H groups in total. The molecule has 0 radical (unpaired) electrons. The molecule has 0 amide bonds. The maximum Gasteiger partial charge on any atom is 0.128 e. The van der Waals surface area contributed by atoms with Crippen molar-refractivity contribution in [2.75, 3.05) is 6.61 Å². The summed E-state index contributed by atoms with van der Waals surface area (Å²) < 4.78 is 14.2. The van der Waals surface area contributed by atoms with Gasteiger partial charge in [-0.2, -0.15) is 0 Å². The Morgan fingerprint density at radius 3 is 2.62 bits per heavy atom. The maximum absolute atomic E-state index is 13.5. The second kappa shape index (κ2) is 6.33. The molecule has 0 bridgehead atoms. The summed E-state index contributed by atoms with van der Waals surface area (Å²) in [6, 6.07) is 4.99. The van der Waals surface area contributed by atoms with E-state index in [0.717, 1.165) is 4.47 Å². The number of nitrogens with one attached hydrogen (secondary N) is 1. The third-order valence-electron chi connectivity index (χ3n) is 2.57. The van der Waals surface area contributed by atoms with Crippen LogP contribution in [0.4, 0.5) is 4.39 Å². The molecule has 0 saturated carbocycles. The Bertz CT molecular complexity index is 344. The highest BCUT2D eigenvalue weighted by atomic mass is 79.9. The van der Waals surface area contributed by atoms with Crippen molar-refractivity contribution in [3.05, 3.63) is 34.1 Å². The summed E-state index contributed by atoms with van der Waals surface area (Å²) in [5.41, 5.74) is 0.613. The predicted octanol–water partition coefficient (Wildman–Crippen LogP) is 2.69. The zero-order valence-electron chi connectivity index (χ0n) is 9.50. The van der Waals surface area contributed by atoms with E-state index in [1.807, 2.05) is 19.9 Å². The van der Waals surface area contributed by atoms with E-state index < -0.39 is 0 Å². The molecule has 0 spiro atoms. The molecule has 0 aliphatic rings. The largest absolute Gasteiger partial charge is 0.395 e. The average molecular weight is 290 g/mol. The molecule has 4 heteroatoms. The molecule has 1 aromatic rings. The molecule has 16 heavy (non-hydrogen) atoms. The Morgan fingerprint density at radius 2 is 2.12 bits per heavy atom. The fourth-order valence-electron chi connectivity index (χ4n) is 1.42. The Balaban J connectivity index is 2.60. The Morgan fingerprint density at radius 1 is 1.44 bits per heavy atom. The fourth-order valence-corrected chi connectivity index (χ4v) is 1.75. The van der Waals surface area contributed by atoms with Gasteiger partial charge in [0.05, 0.1) is 6.61 Å². The third kappa shape index (κ3) is 3.85. The quantitative estimate of drug-likeness (QED) is 0.874. The van der Waals surface area contributed by atoms with Crippen molar-refractivity contribution < 1.29 is 9.50 Å². The standard InChI is InChI=1S/C12H17BrFNO/c1-8(2)12(7-16)15-6-9-3-4-10(13)5-11(9)14/h3-5,8,12,15-16H,6-7H2,1-2H3. The van der Waals surface area contributed by atoms with Crippen LogP contribution in [0, 0.1) is 11.7 Å². The fraction of sp³-hybridized carbons (Fsp3) is 0.500. The van der Waals surface area contributed by atoms with Crippen molar-refractivity contribution in [2.24, 2.45) is 5.92 Å². The van der Waals surface area contributed by atoms with E-state index in [0.29, 0.717) is 18.0 Å². The number of hydrogen-bond donors (Lipinski definition) is 2. The van der Waals surface area contributed by atoms with Gasteiger partial charge in [0.25, 0.3) is 0 Å². The normalized spacial score (nSPS) is 13.1. The number of aliphatic hydroxyl groups excluding tert-OH is 1. The topological polar surface area (TPSA) is 32.3 Å². The minimum absolute atomic E-state index is 0.00282. The van der Waals surface area contributed by atoms with E-state index in [1.165, 1.54) is 6.07 Å².